The van der Waals surface area contributed by atoms with E-state index in [2.05, 4.69) is 24.1 Å². The van der Waals surface area contributed by atoms with Gasteiger partial charge in [0, 0.05) is 43.0 Å². The molecule has 0 radical (unpaired) electrons. The molecule has 7 nitrogen and oxygen atoms in total. The molecule has 5 rings (SSSR count). The maximum Gasteiger partial charge on any atom is 0.254 e. The quantitative estimate of drug-likeness (QED) is 0.639. The first-order valence-corrected chi connectivity index (χ1v) is 11.2. The molecule has 2 saturated heterocycles. The smallest absolute Gasteiger partial charge is 0.254 e. The lowest BCUT2D eigenvalue weighted by atomic mass is 9.98. The highest BCUT2D eigenvalue weighted by Gasteiger charge is 2.31. The van der Waals surface area contributed by atoms with Gasteiger partial charge in [-0.25, -0.2) is 9.50 Å². The molecule has 0 spiro atoms. The first-order valence-electron chi connectivity index (χ1n) is 11.2. The SMILES string of the molecule is COc1cccc(C(=O)N2CCCCC2c2cc3nc(N4CCCC4)c(C)cn3n2)c1. The van der Waals surface area contributed by atoms with Gasteiger partial charge in [-0.05, 0) is 57.2 Å². The summed E-state index contributed by atoms with van der Waals surface area (Å²) < 4.78 is 7.18. The van der Waals surface area contributed by atoms with E-state index in [1.807, 2.05) is 33.7 Å². The van der Waals surface area contributed by atoms with Crippen molar-refractivity contribution in [2.75, 3.05) is 31.6 Å². The van der Waals surface area contributed by atoms with Gasteiger partial charge in [-0.2, -0.15) is 5.10 Å². The van der Waals surface area contributed by atoms with E-state index in [-0.39, 0.29) is 11.9 Å². The second-order valence-corrected chi connectivity index (χ2v) is 8.56. The van der Waals surface area contributed by atoms with Crippen molar-refractivity contribution in [3.8, 4) is 5.75 Å². The number of anilines is 1. The fourth-order valence-corrected chi connectivity index (χ4v) is 4.84. The zero-order valence-electron chi connectivity index (χ0n) is 18.3. The molecule has 1 atom stereocenters. The van der Waals surface area contributed by atoms with Crippen molar-refractivity contribution in [1.82, 2.24) is 19.5 Å². The minimum atomic E-state index is -0.0373. The molecule has 0 N–H and O–H groups in total. The molecule has 2 aromatic heterocycles. The summed E-state index contributed by atoms with van der Waals surface area (Å²) >= 11 is 0. The summed E-state index contributed by atoms with van der Waals surface area (Å²) in [5.41, 5.74) is 3.56. The van der Waals surface area contributed by atoms with Crippen LogP contribution in [0.3, 0.4) is 0 Å². The molecule has 2 fully saturated rings. The van der Waals surface area contributed by atoms with Crippen LogP contribution < -0.4 is 9.64 Å². The Bertz CT molecular complexity index is 1100. The molecule has 2 aliphatic rings. The summed E-state index contributed by atoms with van der Waals surface area (Å²) in [6.07, 6.45) is 7.52. The molecule has 1 unspecified atom stereocenters. The number of fused-ring (bicyclic) bond motifs is 1. The molecule has 162 valence electrons. The minimum absolute atomic E-state index is 0.0301. The van der Waals surface area contributed by atoms with Crippen molar-refractivity contribution >= 4 is 17.4 Å². The van der Waals surface area contributed by atoms with Crippen LogP contribution >= 0.6 is 0 Å². The lowest BCUT2D eigenvalue weighted by Crippen LogP contribution is -2.38. The van der Waals surface area contributed by atoms with E-state index in [1.54, 1.807) is 7.11 Å². The second kappa shape index (κ2) is 8.21. The number of piperidine rings is 1. The van der Waals surface area contributed by atoms with Gasteiger partial charge in [0.25, 0.3) is 5.91 Å². The first-order chi connectivity index (χ1) is 15.1. The minimum Gasteiger partial charge on any atom is -0.497 e. The predicted molar refractivity (Wildman–Crippen MR) is 120 cm³/mol. The summed E-state index contributed by atoms with van der Waals surface area (Å²) in [5, 5.41) is 4.84. The number of benzene rings is 1. The summed E-state index contributed by atoms with van der Waals surface area (Å²) in [6.45, 7) is 4.97. The van der Waals surface area contributed by atoms with Gasteiger partial charge < -0.3 is 14.5 Å². The number of rotatable bonds is 4. The maximum atomic E-state index is 13.4. The number of carbonyl (C=O) groups is 1. The molecule has 7 heteroatoms. The van der Waals surface area contributed by atoms with Crippen molar-refractivity contribution in [1.29, 1.82) is 0 Å². The molecular weight excluding hydrogens is 390 g/mol. The number of hydrogen-bond donors (Lipinski definition) is 0. The van der Waals surface area contributed by atoms with E-state index in [0.29, 0.717) is 11.3 Å². The zero-order chi connectivity index (χ0) is 21.4. The summed E-state index contributed by atoms with van der Waals surface area (Å²) in [5.74, 6) is 1.79. The van der Waals surface area contributed by atoms with Crippen LogP contribution in [0.25, 0.3) is 5.65 Å². The summed E-state index contributed by atoms with van der Waals surface area (Å²) in [6, 6.07) is 9.41. The Labute approximate surface area is 182 Å². The van der Waals surface area contributed by atoms with Gasteiger partial charge in [-0.15, -0.1) is 0 Å². The highest BCUT2D eigenvalue weighted by atomic mass is 16.5. The van der Waals surface area contributed by atoms with Crippen molar-refractivity contribution in [2.24, 2.45) is 0 Å². The summed E-state index contributed by atoms with van der Waals surface area (Å²) in [7, 11) is 1.62. The molecule has 4 heterocycles. The number of ether oxygens (including phenoxy) is 1. The third kappa shape index (κ3) is 3.73. The average Bonchev–Trinajstić information content (AvgIpc) is 3.48. The number of aromatic nitrogens is 3. The first kappa shape index (κ1) is 19.8. The van der Waals surface area contributed by atoms with Crippen LogP contribution in [-0.2, 0) is 0 Å². The van der Waals surface area contributed by atoms with E-state index >= 15 is 0 Å². The largest absolute Gasteiger partial charge is 0.497 e. The van der Waals surface area contributed by atoms with Gasteiger partial charge >= 0.3 is 0 Å². The Balaban J connectivity index is 1.47. The van der Waals surface area contributed by atoms with E-state index in [4.69, 9.17) is 14.8 Å². The maximum absolute atomic E-state index is 13.4. The van der Waals surface area contributed by atoms with Crippen molar-refractivity contribution in [3.05, 3.63) is 53.3 Å². The Kier molecular flexibility index (Phi) is 5.26. The van der Waals surface area contributed by atoms with Gasteiger partial charge in [0.1, 0.15) is 11.6 Å². The molecule has 31 heavy (non-hydrogen) atoms. The van der Waals surface area contributed by atoms with Crippen LogP contribution in [0, 0.1) is 6.92 Å². The molecular formula is C24H29N5O2. The number of nitrogens with zero attached hydrogens (tertiary/aromatic N) is 5. The van der Waals surface area contributed by atoms with Crippen LogP contribution in [0.4, 0.5) is 5.82 Å². The zero-order valence-corrected chi connectivity index (χ0v) is 18.3. The van der Waals surface area contributed by atoms with Crippen molar-refractivity contribution in [3.63, 3.8) is 0 Å². The lowest BCUT2D eigenvalue weighted by Gasteiger charge is -2.34. The van der Waals surface area contributed by atoms with Crippen LogP contribution in [0.5, 0.6) is 5.75 Å². The van der Waals surface area contributed by atoms with Gasteiger partial charge in [0.15, 0.2) is 5.65 Å². The van der Waals surface area contributed by atoms with Crippen LogP contribution in [0.1, 0.15) is 59.8 Å². The highest BCUT2D eigenvalue weighted by Crippen LogP contribution is 2.33. The fourth-order valence-electron chi connectivity index (χ4n) is 4.84. The molecule has 0 bridgehead atoms. The van der Waals surface area contributed by atoms with Crippen LogP contribution in [-0.4, -0.2) is 52.1 Å². The Hall–Kier alpha value is -3.09. The standard InChI is InChI=1S/C24H29N5O2/c1-17-16-29-22(25-23(17)27-11-5-6-12-27)15-20(26-29)21-10-3-4-13-28(21)24(30)18-8-7-9-19(14-18)31-2/h7-9,14-16,21H,3-6,10-13H2,1-2H3. The third-order valence-corrected chi connectivity index (χ3v) is 6.45. The number of aryl methyl sites for hydroxylation is 1. The van der Waals surface area contributed by atoms with Crippen molar-refractivity contribution < 1.29 is 9.53 Å². The number of amides is 1. The van der Waals surface area contributed by atoms with Gasteiger partial charge in [0.05, 0.1) is 18.8 Å². The van der Waals surface area contributed by atoms with E-state index < -0.39 is 0 Å². The van der Waals surface area contributed by atoms with Gasteiger partial charge in [-0.1, -0.05) is 6.07 Å². The van der Waals surface area contributed by atoms with Gasteiger partial charge in [-0.3, -0.25) is 4.79 Å². The van der Waals surface area contributed by atoms with E-state index in [9.17, 15) is 4.79 Å². The molecule has 1 amide bonds. The van der Waals surface area contributed by atoms with Crippen molar-refractivity contribution in [2.45, 2.75) is 45.1 Å². The number of carbonyl (C=O) groups excluding carboxylic acids is 1. The highest BCUT2D eigenvalue weighted by molar-refractivity contribution is 5.95. The summed E-state index contributed by atoms with van der Waals surface area (Å²) in [4.78, 5) is 22.6. The normalized spacial score (nSPS) is 19.2. The van der Waals surface area contributed by atoms with Crippen LogP contribution in [0.2, 0.25) is 0 Å². The Morgan fingerprint density at radius 2 is 1.90 bits per heavy atom. The third-order valence-electron chi connectivity index (χ3n) is 6.45. The number of methoxy groups -OCH3 is 1. The topological polar surface area (TPSA) is 63.0 Å². The number of hydrogen-bond acceptors (Lipinski definition) is 5. The predicted octanol–water partition coefficient (Wildman–Crippen LogP) is 4.01. The Morgan fingerprint density at radius 3 is 2.71 bits per heavy atom. The molecule has 3 aromatic rings. The molecule has 2 aliphatic heterocycles. The van der Waals surface area contributed by atoms with Gasteiger partial charge in [0.2, 0.25) is 0 Å². The lowest BCUT2D eigenvalue weighted by molar-refractivity contribution is 0.0605. The average molecular weight is 420 g/mol. The monoisotopic (exact) mass is 419 g/mol. The van der Waals surface area contributed by atoms with E-state index in [1.165, 1.54) is 12.8 Å². The molecule has 1 aromatic carbocycles. The van der Waals surface area contributed by atoms with E-state index in [0.717, 1.165) is 61.6 Å². The molecule has 0 saturated carbocycles. The van der Waals surface area contributed by atoms with Crippen LogP contribution in [0.15, 0.2) is 36.5 Å². The Morgan fingerprint density at radius 1 is 1.10 bits per heavy atom. The molecule has 0 aliphatic carbocycles. The second-order valence-electron chi connectivity index (χ2n) is 8.56. The fraction of sp³-hybridized carbons (Fsp3) is 0.458. The number of likely N-dealkylation sites (tertiary alicyclic amines) is 1.